The van der Waals surface area contributed by atoms with Crippen LogP contribution in [0.3, 0.4) is 0 Å². The third kappa shape index (κ3) is 4.21. The summed E-state index contributed by atoms with van der Waals surface area (Å²) in [6, 6.07) is 5.28. The molecule has 1 aliphatic rings. The van der Waals surface area contributed by atoms with Gasteiger partial charge in [0.15, 0.2) is 0 Å². The summed E-state index contributed by atoms with van der Waals surface area (Å²) in [4.78, 5) is 27.6. The van der Waals surface area contributed by atoms with Gasteiger partial charge in [0.2, 0.25) is 0 Å². The van der Waals surface area contributed by atoms with Crippen molar-refractivity contribution in [2.45, 2.75) is 38.0 Å². The van der Waals surface area contributed by atoms with E-state index in [9.17, 15) is 35.9 Å². The summed E-state index contributed by atoms with van der Waals surface area (Å²) in [5.41, 5.74) is -2.01. The number of fused-ring (bicyclic) bond motifs is 3. The fraction of sp³-hybridized carbons (Fsp3) is 0.273. The Kier molecular flexibility index (Phi) is 5.26. The summed E-state index contributed by atoms with van der Waals surface area (Å²) in [5.74, 6) is -1.14. The lowest BCUT2D eigenvalue weighted by molar-refractivity contribution is -0.143. The van der Waals surface area contributed by atoms with Crippen molar-refractivity contribution in [3.8, 4) is 0 Å². The van der Waals surface area contributed by atoms with E-state index in [1.54, 1.807) is 6.07 Å². The molecule has 0 bridgehead atoms. The number of nitrogens with one attached hydrogen (secondary N) is 2. The maximum absolute atomic E-state index is 13.0. The Morgan fingerprint density at radius 1 is 0.844 bits per heavy atom. The van der Waals surface area contributed by atoms with E-state index >= 15 is 0 Å². The van der Waals surface area contributed by atoms with Crippen molar-refractivity contribution in [3.05, 3.63) is 74.6 Å². The third-order valence-electron chi connectivity index (χ3n) is 5.44. The predicted molar refractivity (Wildman–Crippen MR) is 106 cm³/mol. The number of pyridine rings is 1. The second kappa shape index (κ2) is 7.68. The number of benzene rings is 2. The van der Waals surface area contributed by atoms with Crippen LogP contribution in [0, 0.1) is 0 Å². The van der Waals surface area contributed by atoms with Crippen LogP contribution in [0.5, 0.6) is 0 Å². The Bertz CT molecular complexity index is 1240. The minimum absolute atomic E-state index is 0.0410. The van der Waals surface area contributed by atoms with Gasteiger partial charge in [-0.25, -0.2) is 0 Å². The number of rotatable bonds is 2. The lowest BCUT2D eigenvalue weighted by Gasteiger charge is -2.17. The number of carbonyl (C=O) groups is 1. The molecule has 1 amide bonds. The molecule has 0 unspecified atom stereocenters. The van der Waals surface area contributed by atoms with E-state index in [2.05, 4.69) is 10.3 Å². The highest BCUT2D eigenvalue weighted by Crippen LogP contribution is 2.36. The van der Waals surface area contributed by atoms with Crippen LogP contribution in [-0.4, -0.2) is 10.9 Å². The Morgan fingerprint density at radius 3 is 2.03 bits per heavy atom. The molecular formula is C22H16F6N2O2. The molecule has 0 radical (unpaired) electrons. The molecule has 168 valence electrons. The molecular weight excluding hydrogens is 438 g/mol. The van der Waals surface area contributed by atoms with Crippen molar-refractivity contribution >= 4 is 22.5 Å². The molecule has 2 N–H and O–H groups in total. The molecule has 1 aliphatic carbocycles. The molecule has 0 saturated carbocycles. The Hall–Kier alpha value is -3.30. The molecule has 4 rings (SSSR count). The summed E-state index contributed by atoms with van der Waals surface area (Å²) < 4.78 is 78.3. The molecule has 3 aromatic rings. The van der Waals surface area contributed by atoms with E-state index in [1.165, 1.54) is 12.1 Å². The first kappa shape index (κ1) is 21.9. The van der Waals surface area contributed by atoms with Crippen molar-refractivity contribution in [1.29, 1.82) is 0 Å². The van der Waals surface area contributed by atoms with Crippen LogP contribution in [0.2, 0.25) is 0 Å². The van der Waals surface area contributed by atoms with Crippen LogP contribution >= 0.6 is 0 Å². The van der Waals surface area contributed by atoms with Crippen molar-refractivity contribution < 1.29 is 31.1 Å². The van der Waals surface area contributed by atoms with Crippen molar-refractivity contribution in [2.75, 3.05) is 5.32 Å². The molecule has 4 nitrogen and oxygen atoms in total. The second-order valence-corrected chi connectivity index (χ2v) is 7.63. The summed E-state index contributed by atoms with van der Waals surface area (Å²) in [6.45, 7) is 0. The Morgan fingerprint density at radius 2 is 1.44 bits per heavy atom. The number of alkyl halides is 6. The van der Waals surface area contributed by atoms with Gasteiger partial charge in [-0.1, -0.05) is 6.07 Å². The largest absolute Gasteiger partial charge is 0.416 e. The van der Waals surface area contributed by atoms with E-state index in [4.69, 9.17) is 0 Å². The summed E-state index contributed by atoms with van der Waals surface area (Å²) in [5, 5.41) is 3.10. The average molecular weight is 454 g/mol. The average Bonchev–Trinajstić information content (AvgIpc) is 2.72. The van der Waals surface area contributed by atoms with E-state index in [1.807, 2.05) is 0 Å². The standard InChI is InChI=1S/C22H16F6N2O2/c23-21(24,25)12-7-11(8-13(9-12)22(26,27)28)19(31)29-14-5-6-16-15-3-1-2-4-17(15)20(32)30-18(16)10-14/h5-10H,1-4H2,(H,29,31)(H,30,32). The first-order valence-corrected chi connectivity index (χ1v) is 9.72. The first-order valence-electron chi connectivity index (χ1n) is 9.72. The van der Waals surface area contributed by atoms with Crippen molar-refractivity contribution in [1.82, 2.24) is 4.98 Å². The summed E-state index contributed by atoms with van der Waals surface area (Å²) >= 11 is 0. The minimum atomic E-state index is -5.06. The summed E-state index contributed by atoms with van der Waals surface area (Å²) in [7, 11) is 0. The minimum Gasteiger partial charge on any atom is -0.322 e. The molecule has 32 heavy (non-hydrogen) atoms. The fourth-order valence-corrected chi connectivity index (χ4v) is 3.93. The quantitative estimate of drug-likeness (QED) is 0.489. The Balaban J connectivity index is 1.70. The smallest absolute Gasteiger partial charge is 0.322 e. The maximum atomic E-state index is 13.0. The molecule has 2 aromatic carbocycles. The monoisotopic (exact) mass is 454 g/mol. The first-order chi connectivity index (χ1) is 14.9. The van der Waals surface area contributed by atoms with Crippen LogP contribution in [0.1, 0.15) is 45.5 Å². The van der Waals surface area contributed by atoms with E-state index in [0.29, 0.717) is 29.6 Å². The maximum Gasteiger partial charge on any atom is 0.416 e. The van der Waals surface area contributed by atoms with Crippen LogP contribution in [0.15, 0.2) is 41.2 Å². The molecule has 10 heteroatoms. The highest BCUT2D eigenvalue weighted by atomic mass is 19.4. The fourth-order valence-electron chi connectivity index (χ4n) is 3.93. The summed E-state index contributed by atoms with van der Waals surface area (Å²) in [6.07, 6.45) is -6.88. The van der Waals surface area contributed by atoms with E-state index in [-0.39, 0.29) is 17.3 Å². The highest BCUT2D eigenvalue weighted by Gasteiger charge is 2.37. The lowest BCUT2D eigenvalue weighted by Crippen LogP contribution is -2.19. The lowest BCUT2D eigenvalue weighted by atomic mass is 9.90. The highest BCUT2D eigenvalue weighted by molar-refractivity contribution is 6.05. The molecule has 1 heterocycles. The number of anilines is 1. The van der Waals surface area contributed by atoms with Gasteiger partial charge in [-0.05, 0) is 61.6 Å². The van der Waals surface area contributed by atoms with E-state index in [0.717, 1.165) is 30.2 Å². The van der Waals surface area contributed by atoms with Gasteiger partial charge in [0.1, 0.15) is 0 Å². The number of hydrogen-bond acceptors (Lipinski definition) is 2. The second-order valence-electron chi connectivity index (χ2n) is 7.63. The molecule has 1 aromatic heterocycles. The van der Waals surface area contributed by atoms with Gasteiger partial charge in [-0.3, -0.25) is 9.59 Å². The zero-order valence-electron chi connectivity index (χ0n) is 16.4. The zero-order valence-corrected chi connectivity index (χ0v) is 16.4. The molecule has 0 fully saturated rings. The predicted octanol–water partition coefficient (Wildman–Crippen LogP) is 5.70. The number of aryl methyl sites for hydroxylation is 1. The van der Waals surface area contributed by atoms with Crippen molar-refractivity contribution in [2.24, 2.45) is 0 Å². The normalized spacial score (nSPS) is 14.3. The molecule has 0 saturated heterocycles. The number of halogens is 6. The number of carbonyl (C=O) groups excluding carboxylic acids is 1. The molecule has 0 spiro atoms. The van der Waals surface area contributed by atoms with Gasteiger partial charge in [-0.2, -0.15) is 26.3 Å². The number of hydrogen-bond donors (Lipinski definition) is 2. The number of amides is 1. The zero-order chi connectivity index (χ0) is 23.3. The van der Waals surface area contributed by atoms with Crippen LogP contribution in [0.25, 0.3) is 10.9 Å². The van der Waals surface area contributed by atoms with Gasteiger partial charge in [0, 0.05) is 22.2 Å². The molecule has 0 aliphatic heterocycles. The Labute approximate surface area is 177 Å². The van der Waals surface area contributed by atoms with Gasteiger partial charge in [-0.15, -0.1) is 0 Å². The number of aromatic amines is 1. The van der Waals surface area contributed by atoms with Crippen LogP contribution in [0.4, 0.5) is 32.0 Å². The number of H-pyrrole nitrogens is 1. The van der Waals surface area contributed by atoms with Crippen LogP contribution < -0.4 is 10.9 Å². The van der Waals surface area contributed by atoms with Crippen LogP contribution in [-0.2, 0) is 25.2 Å². The van der Waals surface area contributed by atoms with Gasteiger partial charge in [0.25, 0.3) is 11.5 Å². The topological polar surface area (TPSA) is 62.0 Å². The van der Waals surface area contributed by atoms with Gasteiger partial charge >= 0.3 is 12.4 Å². The van der Waals surface area contributed by atoms with E-state index < -0.39 is 35.0 Å². The van der Waals surface area contributed by atoms with Gasteiger partial charge < -0.3 is 10.3 Å². The van der Waals surface area contributed by atoms with Gasteiger partial charge in [0.05, 0.1) is 16.6 Å². The van der Waals surface area contributed by atoms with Crippen molar-refractivity contribution in [3.63, 3.8) is 0 Å². The SMILES string of the molecule is O=C(Nc1ccc2c3c(c(=O)[nH]c2c1)CCCC3)c1cc(C(F)(F)F)cc(C(F)(F)F)c1. The molecule has 0 atom stereocenters. The number of aromatic nitrogens is 1. The third-order valence-corrected chi connectivity index (χ3v) is 5.44.